The highest BCUT2D eigenvalue weighted by atomic mass is 35.5. The van der Waals surface area contributed by atoms with Gasteiger partial charge in [-0.05, 0) is 29.1 Å². The van der Waals surface area contributed by atoms with Gasteiger partial charge >= 0.3 is 0 Å². The van der Waals surface area contributed by atoms with Crippen molar-refractivity contribution < 1.29 is 0 Å². The number of halogens is 2. The van der Waals surface area contributed by atoms with Crippen molar-refractivity contribution in [3.63, 3.8) is 0 Å². The minimum atomic E-state index is 0.685. The summed E-state index contributed by atoms with van der Waals surface area (Å²) < 4.78 is 0. The van der Waals surface area contributed by atoms with E-state index in [0.29, 0.717) is 5.02 Å². The van der Waals surface area contributed by atoms with Crippen molar-refractivity contribution in [3.05, 3.63) is 56.2 Å². The van der Waals surface area contributed by atoms with Crippen LogP contribution >= 0.6 is 34.5 Å². The average molecular weight is 243 g/mol. The number of thiophene rings is 1. The topological polar surface area (TPSA) is 0 Å². The van der Waals surface area contributed by atoms with Crippen molar-refractivity contribution in [3.8, 4) is 0 Å². The molecule has 0 bridgehead atoms. The molecule has 0 amide bonds. The van der Waals surface area contributed by atoms with Gasteiger partial charge in [-0.2, -0.15) is 0 Å². The number of hydrogen-bond donors (Lipinski definition) is 0. The lowest BCUT2D eigenvalue weighted by Crippen LogP contribution is -1.85. The summed E-state index contributed by atoms with van der Waals surface area (Å²) in [4.78, 5) is 1.31. The van der Waals surface area contributed by atoms with E-state index in [1.165, 1.54) is 4.88 Å². The summed E-state index contributed by atoms with van der Waals surface area (Å²) in [6, 6.07) is 9.78. The predicted octanol–water partition coefficient (Wildman–Crippen LogP) is 4.65. The molecule has 3 heteroatoms. The van der Waals surface area contributed by atoms with Gasteiger partial charge in [-0.3, -0.25) is 0 Å². The van der Waals surface area contributed by atoms with E-state index < -0.39 is 0 Å². The molecule has 0 atom stereocenters. The second-order valence-electron chi connectivity index (χ2n) is 2.99. The van der Waals surface area contributed by atoms with Gasteiger partial charge in [-0.1, -0.05) is 35.3 Å². The van der Waals surface area contributed by atoms with E-state index in [1.807, 2.05) is 18.2 Å². The highest BCUT2D eigenvalue weighted by Gasteiger charge is 2.02. The van der Waals surface area contributed by atoms with Gasteiger partial charge in [-0.15, -0.1) is 11.3 Å². The van der Waals surface area contributed by atoms with Gasteiger partial charge < -0.3 is 0 Å². The lowest BCUT2D eigenvalue weighted by molar-refractivity contribution is 1.24. The summed E-state index contributed by atoms with van der Waals surface area (Å²) in [6.45, 7) is 0. The van der Waals surface area contributed by atoms with Crippen LogP contribution in [0.4, 0.5) is 0 Å². The maximum atomic E-state index is 6.07. The second kappa shape index (κ2) is 4.35. The van der Waals surface area contributed by atoms with E-state index in [4.69, 9.17) is 23.2 Å². The van der Waals surface area contributed by atoms with Crippen molar-refractivity contribution in [2.24, 2.45) is 0 Å². The van der Waals surface area contributed by atoms with Gasteiger partial charge in [0, 0.05) is 21.3 Å². The molecule has 72 valence electrons. The van der Waals surface area contributed by atoms with Crippen molar-refractivity contribution in [2.45, 2.75) is 6.42 Å². The third kappa shape index (κ3) is 2.30. The zero-order valence-electron chi connectivity index (χ0n) is 7.34. The van der Waals surface area contributed by atoms with Crippen LogP contribution in [0.25, 0.3) is 0 Å². The molecule has 0 radical (unpaired) electrons. The van der Waals surface area contributed by atoms with E-state index in [9.17, 15) is 0 Å². The van der Waals surface area contributed by atoms with Crippen LogP contribution in [0, 0.1) is 0 Å². The van der Waals surface area contributed by atoms with E-state index in [1.54, 1.807) is 17.4 Å². The smallest absolute Gasteiger partial charge is 0.0456 e. The van der Waals surface area contributed by atoms with Crippen LogP contribution in [-0.2, 0) is 6.42 Å². The molecular weight excluding hydrogens is 235 g/mol. The molecule has 1 aromatic carbocycles. The first-order chi connectivity index (χ1) is 6.75. The monoisotopic (exact) mass is 242 g/mol. The van der Waals surface area contributed by atoms with Gasteiger partial charge in [-0.25, -0.2) is 0 Å². The highest BCUT2D eigenvalue weighted by molar-refractivity contribution is 7.09. The molecule has 0 nitrogen and oxygen atoms in total. The molecule has 2 aromatic rings. The summed E-state index contributed by atoms with van der Waals surface area (Å²) in [5, 5.41) is 3.50. The SMILES string of the molecule is Clc1ccc(Cc2cccs2)c(Cl)c1. The Morgan fingerprint density at radius 2 is 2.00 bits per heavy atom. The van der Waals surface area contributed by atoms with Gasteiger partial charge in [0.1, 0.15) is 0 Å². The molecule has 0 spiro atoms. The minimum Gasteiger partial charge on any atom is -0.149 e. The fourth-order valence-electron chi connectivity index (χ4n) is 1.27. The molecule has 14 heavy (non-hydrogen) atoms. The summed E-state index contributed by atoms with van der Waals surface area (Å²) >= 11 is 13.6. The Bertz CT molecular complexity index is 421. The summed E-state index contributed by atoms with van der Waals surface area (Å²) in [5.41, 5.74) is 1.12. The third-order valence-corrected chi connectivity index (χ3v) is 3.42. The fourth-order valence-corrected chi connectivity index (χ4v) is 2.47. The molecule has 2 rings (SSSR count). The molecule has 0 aliphatic heterocycles. The van der Waals surface area contributed by atoms with Crippen LogP contribution in [0.5, 0.6) is 0 Å². The van der Waals surface area contributed by atoms with E-state index >= 15 is 0 Å². The van der Waals surface area contributed by atoms with Gasteiger partial charge in [0.15, 0.2) is 0 Å². The maximum absolute atomic E-state index is 6.07. The van der Waals surface area contributed by atoms with E-state index in [0.717, 1.165) is 17.0 Å². The molecule has 0 saturated heterocycles. The Labute approximate surface area is 97.1 Å². The first-order valence-corrected chi connectivity index (χ1v) is 5.85. The molecule has 0 N–H and O–H groups in total. The van der Waals surface area contributed by atoms with Crippen LogP contribution in [0.2, 0.25) is 10.0 Å². The number of benzene rings is 1. The lowest BCUT2D eigenvalue weighted by atomic mass is 10.1. The summed E-state index contributed by atoms with van der Waals surface area (Å²) in [5.74, 6) is 0. The third-order valence-electron chi connectivity index (χ3n) is 1.96. The molecule has 1 heterocycles. The quantitative estimate of drug-likeness (QED) is 0.720. The average Bonchev–Trinajstić information content (AvgIpc) is 2.62. The van der Waals surface area contributed by atoms with Crippen LogP contribution in [0.15, 0.2) is 35.7 Å². The van der Waals surface area contributed by atoms with Crippen molar-refractivity contribution >= 4 is 34.5 Å². The van der Waals surface area contributed by atoms with Gasteiger partial charge in [0.2, 0.25) is 0 Å². The van der Waals surface area contributed by atoms with Crippen LogP contribution in [0.1, 0.15) is 10.4 Å². The minimum absolute atomic E-state index is 0.685. The Kier molecular flexibility index (Phi) is 3.12. The molecular formula is C11H8Cl2S. The first-order valence-electron chi connectivity index (χ1n) is 4.22. The Hall–Kier alpha value is -0.500. The first kappa shape index (κ1) is 10.0. The highest BCUT2D eigenvalue weighted by Crippen LogP contribution is 2.24. The summed E-state index contributed by atoms with van der Waals surface area (Å²) in [6.07, 6.45) is 0.883. The largest absolute Gasteiger partial charge is 0.149 e. The number of rotatable bonds is 2. The van der Waals surface area contributed by atoms with Crippen LogP contribution < -0.4 is 0 Å². The van der Waals surface area contributed by atoms with Gasteiger partial charge in [0.25, 0.3) is 0 Å². The molecule has 0 fully saturated rings. The predicted molar refractivity (Wildman–Crippen MR) is 63.6 cm³/mol. The Morgan fingerprint density at radius 3 is 2.64 bits per heavy atom. The maximum Gasteiger partial charge on any atom is 0.0456 e. The van der Waals surface area contributed by atoms with Crippen molar-refractivity contribution in [1.29, 1.82) is 0 Å². The molecule has 0 unspecified atom stereocenters. The van der Waals surface area contributed by atoms with Gasteiger partial charge in [0.05, 0.1) is 0 Å². The molecule has 0 saturated carbocycles. The van der Waals surface area contributed by atoms with Crippen molar-refractivity contribution in [1.82, 2.24) is 0 Å². The second-order valence-corrected chi connectivity index (χ2v) is 4.87. The van der Waals surface area contributed by atoms with Crippen LogP contribution in [0.3, 0.4) is 0 Å². The Balaban J connectivity index is 2.25. The standard InChI is InChI=1S/C11H8Cl2S/c12-9-4-3-8(11(13)7-9)6-10-2-1-5-14-10/h1-5,7H,6H2. The van der Waals surface area contributed by atoms with Crippen molar-refractivity contribution in [2.75, 3.05) is 0 Å². The summed E-state index contributed by atoms with van der Waals surface area (Å²) in [7, 11) is 0. The zero-order chi connectivity index (χ0) is 9.97. The molecule has 0 aliphatic carbocycles. The van der Waals surface area contributed by atoms with E-state index in [-0.39, 0.29) is 0 Å². The number of hydrogen-bond acceptors (Lipinski definition) is 1. The lowest BCUT2D eigenvalue weighted by Gasteiger charge is -2.02. The zero-order valence-corrected chi connectivity index (χ0v) is 9.66. The Morgan fingerprint density at radius 1 is 1.14 bits per heavy atom. The fraction of sp³-hybridized carbons (Fsp3) is 0.0909. The van der Waals surface area contributed by atoms with E-state index in [2.05, 4.69) is 11.4 Å². The van der Waals surface area contributed by atoms with Crippen LogP contribution in [-0.4, -0.2) is 0 Å². The molecule has 1 aromatic heterocycles. The normalized spacial score (nSPS) is 10.4. The molecule has 0 aliphatic rings.